The third-order valence-electron chi connectivity index (χ3n) is 3.73. The molecule has 0 heterocycles. The summed E-state index contributed by atoms with van der Waals surface area (Å²) in [6.07, 6.45) is 2.73. The molecule has 2 amide bonds. The van der Waals surface area contributed by atoms with Gasteiger partial charge >= 0.3 is 0 Å². The lowest BCUT2D eigenvalue weighted by Gasteiger charge is -2.16. The van der Waals surface area contributed by atoms with E-state index in [9.17, 15) is 9.59 Å². The van der Waals surface area contributed by atoms with Crippen molar-refractivity contribution in [2.24, 2.45) is 11.7 Å². The molecule has 1 atom stereocenters. The predicted octanol–water partition coefficient (Wildman–Crippen LogP) is 2.62. The van der Waals surface area contributed by atoms with E-state index in [4.69, 9.17) is 5.73 Å². The lowest BCUT2D eigenvalue weighted by atomic mass is 10.0. The SMILES string of the molecule is Cc1ccc(C(=O)NC2CC2)cc1NC(=O)[C@@H](N)CC(C)C.Cl. The van der Waals surface area contributed by atoms with Gasteiger partial charge in [0.2, 0.25) is 5.91 Å². The normalized spacial score (nSPS) is 14.8. The van der Waals surface area contributed by atoms with E-state index < -0.39 is 6.04 Å². The van der Waals surface area contributed by atoms with Crippen LogP contribution in [0.2, 0.25) is 0 Å². The number of carbonyl (C=O) groups is 2. The molecule has 2 rings (SSSR count). The second-order valence-electron chi connectivity index (χ2n) is 6.50. The Balaban J connectivity index is 0.00000264. The maximum atomic E-state index is 12.1. The summed E-state index contributed by atoms with van der Waals surface area (Å²) in [6.45, 7) is 5.95. The van der Waals surface area contributed by atoms with Crippen LogP contribution >= 0.6 is 12.4 Å². The topological polar surface area (TPSA) is 84.2 Å². The van der Waals surface area contributed by atoms with Gasteiger partial charge in [0, 0.05) is 17.3 Å². The number of nitrogens with two attached hydrogens (primary N) is 1. The van der Waals surface area contributed by atoms with Crippen LogP contribution in [0.5, 0.6) is 0 Å². The van der Waals surface area contributed by atoms with E-state index in [0.717, 1.165) is 18.4 Å². The number of aryl methyl sites for hydroxylation is 1. The number of halogens is 1. The Morgan fingerprint density at radius 2 is 1.96 bits per heavy atom. The summed E-state index contributed by atoms with van der Waals surface area (Å²) >= 11 is 0. The van der Waals surface area contributed by atoms with Gasteiger partial charge in [-0.25, -0.2) is 0 Å². The Hall–Kier alpha value is -1.59. The van der Waals surface area contributed by atoms with Crippen molar-refractivity contribution in [2.75, 3.05) is 5.32 Å². The van der Waals surface area contributed by atoms with Crippen molar-refractivity contribution in [2.45, 2.75) is 52.1 Å². The number of rotatable bonds is 6. The molecule has 6 heteroatoms. The van der Waals surface area contributed by atoms with E-state index in [2.05, 4.69) is 10.6 Å². The van der Waals surface area contributed by atoms with Gasteiger partial charge < -0.3 is 16.4 Å². The van der Waals surface area contributed by atoms with Gasteiger partial charge in [-0.05, 0) is 49.8 Å². The third-order valence-corrected chi connectivity index (χ3v) is 3.73. The van der Waals surface area contributed by atoms with E-state index >= 15 is 0 Å². The summed E-state index contributed by atoms with van der Waals surface area (Å²) in [5, 5.41) is 5.78. The lowest BCUT2D eigenvalue weighted by molar-refractivity contribution is -0.117. The number of nitrogens with one attached hydrogen (secondary N) is 2. The highest BCUT2D eigenvalue weighted by Crippen LogP contribution is 2.21. The number of anilines is 1. The summed E-state index contributed by atoms with van der Waals surface area (Å²) in [5.41, 5.74) is 8.01. The highest BCUT2D eigenvalue weighted by Gasteiger charge is 2.24. The molecule has 0 aliphatic heterocycles. The van der Waals surface area contributed by atoms with Crippen LogP contribution in [-0.4, -0.2) is 23.9 Å². The molecule has 128 valence electrons. The summed E-state index contributed by atoms with van der Waals surface area (Å²) in [5.74, 6) is 0.0542. The minimum absolute atomic E-state index is 0. The van der Waals surface area contributed by atoms with Crippen molar-refractivity contribution in [3.63, 3.8) is 0 Å². The summed E-state index contributed by atoms with van der Waals surface area (Å²) in [7, 11) is 0. The molecule has 1 aliphatic carbocycles. The first-order chi connectivity index (χ1) is 10.4. The highest BCUT2D eigenvalue weighted by atomic mass is 35.5. The Morgan fingerprint density at radius 3 is 2.52 bits per heavy atom. The molecule has 0 aromatic heterocycles. The van der Waals surface area contributed by atoms with Crippen molar-refractivity contribution in [1.82, 2.24) is 5.32 Å². The first-order valence-electron chi connectivity index (χ1n) is 7.84. The van der Waals surface area contributed by atoms with Crippen LogP contribution in [0.25, 0.3) is 0 Å². The molecule has 1 fully saturated rings. The molecule has 1 aromatic carbocycles. The van der Waals surface area contributed by atoms with Crippen molar-refractivity contribution in [3.05, 3.63) is 29.3 Å². The smallest absolute Gasteiger partial charge is 0.251 e. The molecule has 5 nitrogen and oxygen atoms in total. The number of amides is 2. The van der Waals surface area contributed by atoms with E-state index in [1.165, 1.54) is 0 Å². The van der Waals surface area contributed by atoms with Crippen molar-refractivity contribution < 1.29 is 9.59 Å². The summed E-state index contributed by atoms with van der Waals surface area (Å²) < 4.78 is 0. The van der Waals surface area contributed by atoms with Crippen LogP contribution in [0.1, 0.15) is 49.0 Å². The van der Waals surface area contributed by atoms with Gasteiger partial charge in [0.1, 0.15) is 0 Å². The number of carbonyl (C=O) groups excluding carboxylic acids is 2. The Bertz CT molecular complexity index is 571. The van der Waals surface area contributed by atoms with Crippen LogP contribution < -0.4 is 16.4 Å². The van der Waals surface area contributed by atoms with E-state index in [0.29, 0.717) is 29.6 Å². The van der Waals surface area contributed by atoms with Gasteiger partial charge in [0.25, 0.3) is 5.91 Å². The molecule has 0 radical (unpaired) electrons. The van der Waals surface area contributed by atoms with Crippen molar-refractivity contribution in [3.8, 4) is 0 Å². The Morgan fingerprint density at radius 1 is 1.30 bits per heavy atom. The first-order valence-corrected chi connectivity index (χ1v) is 7.84. The molecular weight excluding hydrogens is 314 g/mol. The van der Waals surface area contributed by atoms with Crippen molar-refractivity contribution in [1.29, 1.82) is 0 Å². The molecule has 1 saturated carbocycles. The van der Waals surface area contributed by atoms with E-state index in [-0.39, 0.29) is 24.2 Å². The zero-order valence-corrected chi connectivity index (χ0v) is 14.7. The van der Waals surface area contributed by atoms with Crippen LogP contribution in [0.15, 0.2) is 18.2 Å². The average Bonchev–Trinajstić information content (AvgIpc) is 3.24. The number of hydrogen-bond acceptors (Lipinski definition) is 3. The quantitative estimate of drug-likeness (QED) is 0.744. The fraction of sp³-hybridized carbons (Fsp3) is 0.529. The van der Waals surface area contributed by atoms with Gasteiger partial charge in [-0.2, -0.15) is 0 Å². The van der Waals surface area contributed by atoms with Crippen LogP contribution in [0, 0.1) is 12.8 Å². The molecular formula is C17H26ClN3O2. The third kappa shape index (κ3) is 5.84. The highest BCUT2D eigenvalue weighted by molar-refractivity contribution is 5.99. The molecule has 0 saturated heterocycles. The standard InChI is InChI=1S/C17H25N3O2.ClH/c1-10(2)8-14(18)17(22)20-15-9-12(5-4-11(15)3)16(21)19-13-6-7-13;/h4-5,9-10,13-14H,6-8,18H2,1-3H3,(H,19,21)(H,20,22);1H/t14-;/m0./s1. The fourth-order valence-corrected chi connectivity index (χ4v) is 2.23. The Kier molecular flexibility index (Phi) is 7.03. The first kappa shape index (κ1) is 19.5. The predicted molar refractivity (Wildman–Crippen MR) is 95.0 cm³/mol. The zero-order valence-electron chi connectivity index (χ0n) is 13.9. The molecule has 4 N–H and O–H groups in total. The van der Waals surface area contributed by atoms with Gasteiger partial charge in [-0.1, -0.05) is 19.9 Å². The molecule has 1 aromatic rings. The molecule has 0 bridgehead atoms. The maximum absolute atomic E-state index is 12.1. The fourth-order valence-electron chi connectivity index (χ4n) is 2.23. The second-order valence-corrected chi connectivity index (χ2v) is 6.50. The van der Waals surface area contributed by atoms with Gasteiger partial charge in [-0.3, -0.25) is 9.59 Å². The van der Waals surface area contributed by atoms with Gasteiger partial charge in [0.05, 0.1) is 6.04 Å². The minimum atomic E-state index is -0.539. The van der Waals surface area contributed by atoms with Crippen molar-refractivity contribution >= 4 is 29.9 Å². The van der Waals surface area contributed by atoms with E-state index in [1.807, 2.05) is 26.8 Å². The lowest BCUT2D eigenvalue weighted by Crippen LogP contribution is -2.36. The number of benzene rings is 1. The average molecular weight is 340 g/mol. The number of hydrogen-bond donors (Lipinski definition) is 3. The Labute approximate surface area is 143 Å². The second kappa shape index (κ2) is 8.31. The molecule has 0 unspecified atom stereocenters. The van der Waals surface area contributed by atoms with Gasteiger partial charge in [0.15, 0.2) is 0 Å². The van der Waals surface area contributed by atoms with Crippen LogP contribution in [0.3, 0.4) is 0 Å². The summed E-state index contributed by atoms with van der Waals surface area (Å²) in [4.78, 5) is 24.2. The molecule has 0 spiro atoms. The van der Waals surface area contributed by atoms with Crippen LogP contribution in [-0.2, 0) is 4.79 Å². The molecule has 1 aliphatic rings. The summed E-state index contributed by atoms with van der Waals surface area (Å²) in [6, 6.07) is 5.10. The van der Waals surface area contributed by atoms with Crippen LogP contribution in [0.4, 0.5) is 5.69 Å². The maximum Gasteiger partial charge on any atom is 0.251 e. The van der Waals surface area contributed by atoms with E-state index in [1.54, 1.807) is 12.1 Å². The largest absolute Gasteiger partial charge is 0.349 e. The van der Waals surface area contributed by atoms with Gasteiger partial charge in [-0.15, -0.1) is 12.4 Å². The monoisotopic (exact) mass is 339 g/mol. The molecule has 23 heavy (non-hydrogen) atoms. The minimum Gasteiger partial charge on any atom is -0.349 e. The zero-order chi connectivity index (χ0) is 16.3.